The molecule has 0 spiro atoms. The second-order valence-electron chi connectivity index (χ2n) is 2.22. The van der Waals surface area contributed by atoms with Gasteiger partial charge in [-0.05, 0) is 6.92 Å². The van der Waals surface area contributed by atoms with Crippen LogP contribution in [0.5, 0.6) is 0 Å². The molecule has 0 aromatic rings. The van der Waals surface area contributed by atoms with Crippen LogP contribution in [0.15, 0.2) is 0 Å². The highest BCUT2D eigenvalue weighted by atomic mass is 32.2. The minimum absolute atomic E-state index is 0.282. The minimum atomic E-state index is -3.98. The fourth-order valence-electron chi connectivity index (χ4n) is 0.994. The molecule has 6 heteroatoms. The van der Waals surface area contributed by atoms with Crippen LogP contribution in [-0.4, -0.2) is 36.5 Å². The van der Waals surface area contributed by atoms with Gasteiger partial charge >= 0.3 is 10.3 Å². The van der Waals surface area contributed by atoms with E-state index in [1.165, 1.54) is 0 Å². The van der Waals surface area contributed by atoms with Crippen LogP contribution in [0.25, 0.3) is 0 Å². The molecule has 10 heavy (non-hydrogen) atoms. The largest absolute Gasteiger partial charge is 0.337 e. The van der Waals surface area contributed by atoms with Gasteiger partial charge in [0, 0.05) is 13.1 Å². The lowest BCUT2D eigenvalue weighted by Gasteiger charge is -2.14. The molecular weight excluding hydrogens is 156 g/mol. The van der Waals surface area contributed by atoms with Crippen molar-refractivity contribution in [3.8, 4) is 0 Å². The Morgan fingerprint density at radius 3 is 2.50 bits per heavy atom. The first-order valence-electron chi connectivity index (χ1n) is 2.99. The Bertz CT molecular complexity index is 213. The van der Waals surface area contributed by atoms with Gasteiger partial charge in [-0.25, -0.2) is 0 Å². The summed E-state index contributed by atoms with van der Waals surface area (Å²) < 4.78 is 30.5. The fraction of sp³-hybridized carbons (Fsp3) is 1.00. The zero-order valence-corrected chi connectivity index (χ0v) is 6.43. The summed E-state index contributed by atoms with van der Waals surface area (Å²) in [4.78, 5) is 0. The van der Waals surface area contributed by atoms with Crippen molar-refractivity contribution < 1.29 is 13.0 Å². The van der Waals surface area contributed by atoms with Gasteiger partial charge in [-0.2, -0.15) is 12.7 Å². The van der Waals surface area contributed by atoms with Crippen molar-refractivity contribution in [2.24, 2.45) is 0 Å². The third-order valence-electron chi connectivity index (χ3n) is 1.50. The number of hydrogen-bond donors (Lipinski definition) is 2. The van der Waals surface area contributed by atoms with E-state index in [0.29, 0.717) is 13.1 Å². The Balaban J connectivity index is 2.74. The van der Waals surface area contributed by atoms with Crippen molar-refractivity contribution >= 4 is 10.3 Å². The first-order chi connectivity index (χ1) is 4.52. The number of rotatable bonds is 1. The predicted molar refractivity (Wildman–Crippen MR) is 35.7 cm³/mol. The highest BCUT2D eigenvalue weighted by molar-refractivity contribution is 7.83. The molecule has 1 aliphatic rings. The van der Waals surface area contributed by atoms with E-state index in [0.717, 1.165) is 4.31 Å². The number of nitrogens with one attached hydrogen (secondary N) is 1. The Morgan fingerprint density at radius 2 is 2.30 bits per heavy atom. The molecule has 0 radical (unpaired) electrons. The van der Waals surface area contributed by atoms with Gasteiger partial charge in [-0.1, -0.05) is 0 Å². The zero-order chi connectivity index (χ0) is 7.78. The molecule has 60 valence electrons. The maximum absolute atomic E-state index is 10.5. The van der Waals surface area contributed by atoms with Gasteiger partial charge in [0.15, 0.2) is 0 Å². The lowest BCUT2D eigenvalue weighted by atomic mass is 10.6. The monoisotopic (exact) mass is 166 g/mol. The third-order valence-corrected chi connectivity index (χ3v) is 2.59. The molecule has 0 aromatic heterocycles. The van der Waals surface area contributed by atoms with Crippen molar-refractivity contribution in [3.05, 3.63) is 0 Å². The second kappa shape index (κ2) is 2.46. The van der Waals surface area contributed by atoms with Gasteiger partial charge in [0.1, 0.15) is 0 Å². The molecular formula is C4H10N2O3S. The quantitative estimate of drug-likeness (QED) is 0.492. The van der Waals surface area contributed by atoms with Crippen molar-refractivity contribution in [1.82, 2.24) is 9.62 Å². The van der Waals surface area contributed by atoms with E-state index in [4.69, 9.17) is 4.55 Å². The molecule has 2 N–H and O–H groups in total. The van der Waals surface area contributed by atoms with E-state index in [1.807, 2.05) is 0 Å². The fourth-order valence-corrected chi connectivity index (χ4v) is 1.79. The molecule has 0 amide bonds. The zero-order valence-electron chi connectivity index (χ0n) is 5.61. The van der Waals surface area contributed by atoms with Gasteiger partial charge in [-0.15, -0.1) is 0 Å². The lowest BCUT2D eigenvalue weighted by Crippen LogP contribution is -2.37. The van der Waals surface area contributed by atoms with E-state index >= 15 is 0 Å². The van der Waals surface area contributed by atoms with Crippen molar-refractivity contribution in [1.29, 1.82) is 0 Å². The van der Waals surface area contributed by atoms with E-state index < -0.39 is 10.3 Å². The molecule has 0 aromatic carbocycles. The van der Waals surface area contributed by atoms with Crippen LogP contribution < -0.4 is 5.32 Å². The van der Waals surface area contributed by atoms with Crippen LogP contribution in [0, 0.1) is 0 Å². The lowest BCUT2D eigenvalue weighted by molar-refractivity contribution is 0.338. The molecule has 1 fully saturated rings. The van der Waals surface area contributed by atoms with Crippen molar-refractivity contribution in [2.45, 2.75) is 13.1 Å². The molecule has 1 saturated heterocycles. The van der Waals surface area contributed by atoms with Gasteiger partial charge in [0.2, 0.25) is 0 Å². The molecule has 1 heterocycles. The molecule has 0 saturated carbocycles. The van der Waals surface area contributed by atoms with Crippen molar-refractivity contribution in [2.75, 3.05) is 13.1 Å². The maximum Gasteiger partial charge on any atom is 0.337 e. The summed E-state index contributed by atoms with van der Waals surface area (Å²) in [6.45, 7) is 2.63. The average Bonchev–Trinajstić information content (AvgIpc) is 2.11. The molecule has 0 bridgehead atoms. The normalized spacial score (nSPS) is 29.2. The average molecular weight is 166 g/mol. The van der Waals surface area contributed by atoms with E-state index in [1.54, 1.807) is 6.92 Å². The van der Waals surface area contributed by atoms with Crippen LogP contribution >= 0.6 is 0 Å². The van der Waals surface area contributed by atoms with E-state index in [2.05, 4.69) is 5.32 Å². The van der Waals surface area contributed by atoms with E-state index in [-0.39, 0.29) is 6.17 Å². The number of hydrogen-bond acceptors (Lipinski definition) is 3. The standard InChI is InChI=1S/C4H10N2O3S/c1-4-5-2-3-6(4)10(7,8)9/h4-5H,2-3H2,1H3,(H,7,8,9). The Hall–Kier alpha value is -0.170. The van der Waals surface area contributed by atoms with Gasteiger partial charge in [-0.3, -0.25) is 9.87 Å². The smallest absolute Gasteiger partial charge is 0.300 e. The Kier molecular flexibility index (Phi) is 1.95. The SMILES string of the molecule is CC1NCCN1S(=O)(=O)O. The molecule has 1 rings (SSSR count). The molecule has 1 aliphatic heterocycles. The Labute approximate surface area is 59.9 Å². The highest BCUT2D eigenvalue weighted by Crippen LogP contribution is 2.06. The van der Waals surface area contributed by atoms with Crippen LogP contribution in [0.4, 0.5) is 0 Å². The molecule has 5 nitrogen and oxygen atoms in total. The van der Waals surface area contributed by atoms with Crippen LogP contribution in [-0.2, 0) is 10.3 Å². The minimum Gasteiger partial charge on any atom is -0.300 e. The predicted octanol–water partition coefficient (Wildman–Crippen LogP) is -0.960. The molecule has 1 unspecified atom stereocenters. The maximum atomic E-state index is 10.5. The highest BCUT2D eigenvalue weighted by Gasteiger charge is 2.28. The first kappa shape index (κ1) is 7.93. The Morgan fingerprint density at radius 1 is 1.70 bits per heavy atom. The van der Waals surface area contributed by atoms with Gasteiger partial charge in [0.25, 0.3) is 0 Å². The summed E-state index contributed by atoms with van der Waals surface area (Å²) in [6, 6.07) is 0. The van der Waals surface area contributed by atoms with Gasteiger partial charge < -0.3 is 0 Å². The van der Waals surface area contributed by atoms with Gasteiger partial charge in [0.05, 0.1) is 6.17 Å². The van der Waals surface area contributed by atoms with Crippen LogP contribution in [0.1, 0.15) is 6.92 Å². The van der Waals surface area contributed by atoms with Crippen LogP contribution in [0.3, 0.4) is 0 Å². The first-order valence-corrected chi connectivity index (χ1v) is 4.39. The van der Waals surface area contributed by atoms with Crippen LogP contribution in [0.2, 0.25) is 0 Å². The summed E-state index contributed by atoms with van der Waals surface area (Å²) >= 11 is 0. The second-order valence-corrected chi connectivity index (χ2v) is 3.58. The summed E-state index contributed by atoms with van der Waals surface area (Å²) in [5.41, 5.74) is 0. The molecule has 1 atom stereocenters. The third kappa shape index (κ3) is 1.46. The van der Waals surface area contributed by atoms with E-state index in [9.17, 15) is 8.42 Å². The number of nitrogens with zero attached hydrogens (tertiary/aromatic N) is 1. The topological polar surface area (TPSA) is 69.6 Å². The summed E-state index contributed by atoms with van der Waals surface area (Å²) in [7, 11) is -3.98. The molecule has 0 aliphatic carbocycles. The summed E-state index contributed by atoms with van der Waals surface area (Å²) in [5, 5.41) is 2.86. The van der Waals surface area contributed by atoms with Crippen molar-refractivity contribution in [3.63, 3.8) is 0 Å². The summed E-state index contributed by atoms with van der Waals surface area (Å²) in [5.74, 6) is 0. The summed E-state index contributed by atoms with van der Waals surface area (Å²) in [6.07, 6.45) is -0.282.